The zero-order chi connectivity index (χ0) is 9.80. The van der Waals surface area contributed by atoms with Crippen LogP contribution in [0, 0.1) is 5.92 Å². The molecule has 2 aliphatic rings. The molecule has 1 saturated carbocycles. The van der Waals surface area contributed by atoms with Crippen molar-refractivity contribution in [1.82, 2.24) is 5.43 Å². The maximum absolute atomic E-state index is 5.64. The van der Waals surface area contributed by atoms with Gasteiger partial charge in [0.15, 0.2) is 0 Å². The Morgan fingerprint density at radius 2 is 2.21 bits per heavy atom. The van der Waals surface area contributed by atoms with E-state index in [2.05, 4.69) is 11.5 Å². The Bertz CT molecular complexity index is 206. The van der Waals surface area contributed by atoms with E-state index in [1.807, 2.05) is 0 Å². The van der Waals surface area contributed by atoms with Crippen molar-refractivity contribution in [1.29, 1.82) is 0 Å². The Morgan fingerprint density at radius 3 is 2.71 bits per heavy atom. The molecule has 0 spiro atoms. The van der Waals surface area contributed by atoms with Gasteiger partial charge in [-0.3, -0.25) is 11.3 Å². The minimum atomic E-state index is 0.473. The molecular formula is C12H22N2. The molecule has 2 heteroatoms. The van der Waals surface area contributed by atoms with Gasteiger partial charge in [0.2, 0.25) is 0 Å². The Kier molecular flexibility index (Phi) is 3.60. The van der Waals surface area contributed by atoms with Crippen LogP contribution in [-0.4, -0.2) is 6.04 Å². The fourth-order valence-electron chi connectivity index (χ4n) is 2.57. The standard InChI is InChI=1S/C12H22N2/c13-14-12(9-10-5-4-6-10)11-7-2-1-3-8-11/h7,10,12,14H,1-6,8-9,13H2. The van der Waals surface area contributed by atoms with Crippen LogP contribution in [-0.2, 0) is 0 Å². The van der Waals surface area contributed by atoms with Crippen LogP contribution in [0.25, 0.3) is 0 Å². The summed E-state index contributed by atoms with van der Waals surface area (Å²) in [6.07, 6.45) is 13.2. The van der Waals surface area contributed by atoms with Gasteiger partial charge in [0.1, 0.15) is 0 Å². The number of nitrogens with two attached hydrogens (primary N) is 1. The highest BCUT2D eigenvalue weighted by Crippen LogP contribution is 2.33. The van der Waals surface area contributed by atoms with Gasteiger partial charge >= 0.3 is 0 Å². The molecular weight excluding hydrogens is 172 g/mol. The van der Waals surface area contributed by atoms with Crippen molar-refractivity contribution in [2.75, 3.05) is 0 Å². The van der Waals surface area contributed by atoms with E-state index in [4.69, 9.17) is 5.84 Å². The normalized spacial score (nSPS) is 25.4. The number of hydrazine groups is 1. The molecule has 0 aliphatic heterocycles. The lowest BCUT2D eigenvalue weighted by Gasteiger charge is -2.31. The molecule has 14 heavy (non-hydrogen) atoms. The molecule has 0 radical (unpaired) electrons. The van der Waals surface area contributed by atoms with E-state index in [0.717, 1.165) is 5.92 Å². The minimum Gasteiger partial charge on any atom is -0.271 e. The van der Waals surface area contributed by atoms with E-state index in [0.29, 0.717) is 6.04 Å². The molecule has 1 unspecified atom stereocenters. The number of nitrogens with one attached hydrogen (secondary N) is 1. The summed E-state index contributed by atoms with van der Waals surface area (Å²) in [6.45, 7) is 0. The van der Waals surface area contributed by atoms with Gasteiger partial charge in [-0.05, 0) is 38.0 Å². The molecule has 2 aliphatic carbocycles. The summed E-state index contributed by atoms with van der Waals surface area (Å²) in [7, 11) is 0. The van der Waals surface area contributed by atoms with Crippen molar-refractivity contribution in [2.24, 2.45) is 11.8 Å². The van der Waals surface area contributed by atoms with Gasteiger partial charge in [-0.15, -0.1) is 0 Å². The van der Waals surface area contributed by atoms with Gasteiger partial charge in [-0.1, -0.05) is 30.9 Å². The third kappa shape index (κ3) is 2.37. The molecule has 0 aromatic rings. The van der Waals surface area contributed by atoms with Crippen molar-refractivity contribution in [2.45, 2.75) is 57.4 Å². The first-order valence-corrected chi connectivity index (χ1v) is 6.05. The first-order chi connectivity index (χ1) is 6.90. The molecule has 2 rings (SSSR count). The quantitative estimate of drug-likeness (QED) is 0.410. The topological polar surface area (TPSA) is 38.0 Å². The van der Waals surface area contributed by atoms with Crippen LogP contribution in [0.1, 0.15) is 51.4 Å². The lowest BCUT2D eigenvalue weighted by Crippen LogP contribution is -2.39. The molecule has 1 atom stereocenters. The van der Waals surface area contributed by atoms with Gasteiger partial charge in [-0.25, -0.2) is 0 Å². The summed E-state index contributed by atoms with van der Waals surface area (Å²) in [5.74, 6) is 6.58. The fraction of sp³-hybridized carbons (Fsp3) is 0.833. The summed E-state index contributed by atoms with van der Waals surface area (Å²) >= 11 is 0. The van der Waals surface area contributed by atoms with Crippen LogP contribution < -0.4 is 11.3 Å². The molecule has 0 aromatic carbocycles. The average Bonchev–Trinajstić information content (AvgIpc) is 2.18. The molecule has 0 amide bonds. The molecule has 0 saturated heterocycles. The first-order valence-electron chi connectivity index (χ1n) is 6.05. The van der Waals surface area contributed by atoms with E-state index in [1.165, 1.54) is 51.4 Å². The summed E-state index contributed by atoms with van der Waals surface area (Å²) in [5.41, 5.74) is 4.58. The van der Waals surface area contributed by atoms with Crippen molar-refractivity contribution < 1.29 is 0 Å². The highest BCUT2D eigenvalue weighted by molar-refractivity contribution is 5.13. The van der Waals surface area contributed by atoms with Crippen molar-refractivity contribution in [3.63, 3.8) is 0 Å². The molecule has 0 heterocycles. The van der Waals surface area contributed by atoms with E-state index < -0.39 is 0 Å². The largest absolute Gasteiger partial charge is 0.271 e. The van der Waals surface area contributed by atoms with Crippen LogP contribution in [0.4, 0.5) is 0 Å². The lowest BCUT2D eigenvalue weighted by molar-refractivity contribution is 0.269. The highest BCUT2D eigenvalue weighted by atomic mass is 15.2. The van der Waals surface area contributed by atoms with Gasteiger partial charge in [-0.2, -0.15) is 0 Å². The predicted molar refractivity (Wildman–Crippen MR) is 59.6 cm³/mol. The van der Waals surface area contributed by atoms with Crippen LogP contribution >= 0.6 is 0 Å². The second kappa shape index (κ2) is 4.94. The third-order valence-corrected chi connectivity index (χ3v) is 3.77. The number of hydrogen-bond acceptors (Lipinski definition) is 2. The summed E-state index contributed by atoms with van der Waals surface area (Å²) in [4.78, 5) is 0. The van der Waals surface area contributed by atoms with Crippen LogP contribution in [0.15, 0.2) is 11.6 Å². The smallest absolute Gasteiger partial charge is 0.0422 e. The van der Waals surface area contributed by atoms with Gasteiger partial charge < -0.3 is 0 Å². The molecule has 0 aromatic heterocycles. The number of hydrogen-bond donors (Lipinski definition) is 2. The van der Waals surface area contributed by atoms with E-state index >= 15 is 0 Å². The van der Waals surface area contributed by atoms with Gasteiger partial charge in [0, 0.05) is 6.04 Å². The Hall–Kier alpha value is -0.340. The van der Waals surface area contributed by atoms with Crippen LogP contribution in [0.2, 0.25) is 0 Å². The second-order valence-corrected chi connectivity index (χ2v) is 4.78. The van der Waals surface area contributed by atoms with Crippen molar-refractivity contribution >= 4 is 0 Å². The third-order valence-electron chi connectivity index (χ3n) is 3.77. The Balaban J connectivity index is 1.86. The highest BCUT2D eigenvalue weighted by Gasteiger charge is 2.23. The molecule has 80 valence electrons. The SMILES string of the molecule is NNC(CC1CCC1)C1=CCCCC1. The monoisotopic (exact) mass is 194 g/mol. The molecule has 0 bridgehead atoms. The maximum Gasteiger partial charge on any atom is 0.0422 e. The van der Waals surface area contributed by atoms with E-state index in [1.54, 1.807) is 5.57 Å². The summed E-state index contributed by atoms with van der Waals surface area (Å²) < 4.78 is 0. The Morgan fingerprint density at radius 1 is 1.36 bits per heavy atom. The molecule has 3 N–H and O–H groups in total. The molecule has 2 nitrogen and oxygen atoms in total. The second-order valence-electron chi connectivity index (χ2n) is 4.78. The summed E-state index contributed by atoms with van der Waals surface area (Å²) in [6, 6.07) is 0.473. The number of rotatable bonds is 4. The average molecular weight is 194 g/mol. The van der Waals surface area contributed by atoms with Crippen molar-refractivity contribution in [3.05, 3.63) is 11.6 Å². The van der Waals surface area contributed by atoms with Gasteiger partial charge in [0.25, 0.3) is 0 Å². The van der Waals surface area contributed by atoms with Gasteiger partial charge in [0.05, 0.1) is 0 Å². The number of allylic oxidation sites excluding steroid dienone is 1. The van der Waals surface area contributed by atoms with Crippen LogP contribution in [0.3, 0.4) is 0 Å². The van der Waals surface area contributed by atoms with Crippen molar-refractivity contribution in [3.8, 4) is 0 Å². The predicted octanol–water partition coefficient (Wildman–Crippen LogP) is 2.51. The van der Waals surface area contributed by atoms with Crippen LogP contribution in [0.5, 0.6) is 0 Å². The summed E-state index contributed by atoms with van der Waals surface area (Å²) in [5, 5.41) is 0. The lowest BCUT2D eigenvalue weighted by atomic mass is 9.78. The fourth-order valence-corrected chi connectivity index (χ4v) is 2.57. The zero-order valence-electron chi connectivity index (χ0n) is 8.97. The van der Waals surface area contributed by atoms with E-state index in [9.17, 15) is 0 Å². The minimum absolute atomic E-state index is 0.473. The molecule has 1 fully saturated rings. The van der Waals surface area contributed by atoms with E-state index in [-0.39, 0.29) is 0 Å². The Labute approximate surface area is 86.9 Å². The first kappa shape index (κ1) is 10.2. The maximum atomic E-state index is 5.64. The zero-order valence-corrected chi connectivity index (χ0v) is 8.97.